The molecule has 3 aliphatic rings. The molecule has 1 N–H and O–H groups in total. The van der Waals surface area contributed by atoms with Gasteiger partial charge >= 0.3 is 6.03 Å². The minimum Gasteiger partial charge on any atom is -0.334 e. The highest BCUT2D eigenvalue weighted by atomic mass is 79.9. The number of imide groups is 1. The van der Waals surface area contributed by atoms with Crippen molar-refractivity contribution < 1.29 is 14.4 Å². The normalized spacial score (nSPS) is 22.8. The van der Waals surface area contributed by atoms with Crippen molar-refractivity contribution in [2.75, 3.05) is 6.54 Å². The highest BCUT2D eigenvalue weighted by Crippen LogP contribution is 2.42. The SMILES string of the molecule is CC(C1CC1)N(Cc1ccccc1)C(=O)CN1C(=O)NC2(CCc3cc(Br)ccc32)C1=O. The Balaban J connectivity index is 1.37. The van der Waals surface area contributed by atoms with E-state index in [-0.39, 0.29) is 24.4 Å². The third-order valence-corrected chi connectivity index (χ3v) is 7.57. The number of aryl methyl sites for hydroxylation is 1. The number of rotatable bonds is 6. The molecular formula is C25H26BrN3O3. The van der Waals surface area contributed by atoms with Crippen LogP contribution in [0.15, 0.2) is 53.0 Å². The quantitative estimate of drug-likeness (QED) is 0.616. The van der Waals surface area contributed by atoms with Crippen LogP contribution in [0.4, 0.5) is 4.79 Å². The molecule has 2 atom stereocenters. The van der Waals surface area contributed by atoms with Crippen molar-refractivity contribution in [3.8, 4) is 0 Å². The summed E-state index contributed by atoms with van der Waals surface area (Å²) in [6.45, 7) is 2.31. The maximum absolute atomic E-state index is 13.5. The summed E-state index contributed by atoms with van der Waals surface area (Å²) in [5.74, 6) is -0.0317. The highest BCUT2D eigenvalue weighted by molar-refractivity contribution is 9.10. The molecule has 0 aromatic heterocycles. The zero-order chi connectivity index (χ0) is 22.5. The van der Waals surface area contributed by atoms with E-state index in [9.17, 15) is 14.4 Å². The molecule has 2 fully saturated rings. The molecule has 1 heterocycles. The molecule has 0 bridgehead atoms. The van der Waals surface area contributed by atoms with E-state index in [4.69, 9.17) is 0 Å². The fraction of sp³-hybridized carbons (Fsp3) is 0.400. The number of hydrogen-bond donors (Lipinski definition) is 1. The number of hydrogen-bond acceptors (Lipinski definition) is 3. The van der Waals surface area contributed by atoms with Crippen LogP contribution in [-0.4, -0.2) is 40.2 Å². The Kier molecular flexibility index (Phi) is 5.32. The predicted octanol–water partition coefficient (Wildman–Crippen LogP) is 3.97. The van der Waals surface area contributed by atoms with Gasteiger partial charge in [-0.15, -0.1) is 0 Å². The molecule has 5 rings (SSSR count). The van der Waals surface area contributed by atoms with Gasteiger partial charge < -0.3 is 10.2 Å². The van der Waals surface area contributed by atoms with E-state index in [1.165, 1.54) is 0 Å². The van der Waals surface area contributed by atoms with E-state index in [2.05, 4.69) is 28.2 Å². The van der Waals surface area contributed by atoms with E-state index in [1.807, 2.05) is 53.4 Å². The molecule has 2 aromatic rings. The van der Waals surface area contributed by atoms with E-state index < -0.39 is 11.6 Å². The summed E-state index contributed by atoms with van der Waals surface area (Å²) in [5, 5.41) is 2.91. The van der Waals surface area contributed by atoms with Crippen LogP contribution in [0.25, 0.3) is 0 Å². The summed E-state index contributed by atoms with van der Waals surface area (Å²) in [6, 6.07) is 15.2. The highest BCUT2D eigenvalue weighted by Gasteiger charge is 2.55. The minimum atomic E-state index is -1.06. The summed E-state index contributed by atoms with van der Waals surface area (Å²) >= 11 is 3.47. The topological polar surface area (TPSA) is 69.7 Å². The fourth-order valence-electron chi connectivity index (χ4n) is 5.06. The molecule has 32 heavy (non-hydrogen) atoms. The number of nitrogens with zero attached hydrogens (tertiary/aromatic N) is 2. The number of fused-ring (bicyclic) bond motifs is 2. The maximum Gasteiger partial charge on any atom is 0.325 e. The second-order valence-corrected chi connectivity index (χ2v) is 10.0. The molecule has 4 amide bonds. The Morgan fingerprint density at radius 2 is 1.97 bits per heavy atom. The molecule has 166 valence electrons. The molecule has 0 radical (unpaired) electrons. The lowest BCUT2D eigenvalue weighted by Gasteiger charge is -2.31. The van der Waals surface area contributed by atoms with Crippen LogP contribution < -0.4 is 5.32 Å². The van der Waals surface area contributed by atoms with Gasteiger partial charge in [0.15, 0.2) is 0 Å². The standard InChI is InChI=1S/C25H26BrN3O3/c1-16(18-7-8-18)28(14-17-5-3-2-4-6-17)22(30)15-29-23(31)25(27-24(29)32)12-11-19-13-20(26)9-10-21(19)25/h2-6,9-10,13,16,18H,7-8,11-12,14-15H2,1H3,(H,27,32). The summed E-state index contributed by atoms with van der Waals surface area (Å²) < 4.78 is 0.947. The van der Waals surface area contributed by atoms with E-state index in [1.54, 1.807) is 0 Å². The number of amides is 4. The largest absolute Gasteiger partial charge is 0.334 e. The van der Waals surface area contributed by atoms with Gasteiger partial charge in [-0.3, -0.25) is 14.5 Å². The lowest BCUT2D eigenvalue weighted by Crippen LogP contribution is -2.47. The summed E-state index contributed by atoms with van der Waals surface area (Å²) in [6.07, 6.45) is 3.44. The van der Waals surface area contributed by atoms with Crippen molar-refractivity contribution in [3.05, 3.63) is 69.7 Å². The van der Waals surface area contributed by atoms with Crippen LogP contribution in [-0.2, 0) is 28.1 Å². The van der Waals surface area contributed by atoms with Crippen molar-refractivity contribution in [2.24, 2.45) is 5.92 Å². The smallest absolute Gasteiger partial charge is 0.325 e. The van der Waals surface area contributed by atoms with Crippen molar-refractivity contribution >= 4 is 33.8 Å². The average Bonchev–Trinajstić information content (AvgIpc) is 3.54. The van der Waals surface area contributed by atoms with Gasteiger partial charge in [0.1, 0.15) is 12.1 Å². The predicted molar refractivity (Wildman–Crippen MR) is 124 cm³/mol. The van der Waals surface area contributed by atoms with E-state index in [0.717, 1.165) is 38.9 Å². The third kappa shape index (κ3) is 3.62. The molecule has 2 aromatic carbocycles. The van der Waals surface area contributed by atoms with Crippen LogP contribution in [0.3, 0.4) is 0 Å². The molecule has 1 aliphatic heterocycles. The van der Waals surface area contributed by atoms with Crippen LogP contribution in [0.5, 0.6) is 0 Å². The summed E-state index contributed by atoms with van der Waals surface area (Å²) in [5.41, 5.74) is 1.87. The second kappa shape index (κ2) is 8.03. The zero-order valence-corrected chi connectivity index (χ0v) is 19.6. The zero-order valence-electron chi connectivity index (χ0n) is 18.0. The Morgan fingerprint density at radius 3 is 2.69 bits per heavy atom. The number of halogens is 1. The van der Waals surface area contributed by atoms with Gasteiger partial charge in [-0.05, 0) is 67.3 Å². The van der Waals surface area contributed by atoms with Crippen molar-refractivity contribution in [3.63, 3.8) is 0 Å². The lowest BCUT2D eigenvalue weighted by atomic mass is 9.92. The molecule has 2 aliphatic carbocycles. The first-order chi connectivity index (χ1) is 15.4. The van der Waals surface area contributed by atoms with Crippen LogP contribution in [0.1, 0.15) is 42.9 Å². The Hall–Kier alpha value is -2.67. The molecule has 1 spiro atoms. The van der Waals surface area contributed by atoms with E-state index >= 15 is 0 Å². The van der Waals surface area contributed by atoms with Gasteiger partial charge in [-0.2, -0.15) is 0 Å². The molecule has 6 nitrogen and oxygen atoms in total. The minimum absolute atomic E-state index is 0.0713. The van der Waals surface area contributed by atoms with Crippen LogP contribution >= 0.6 is 15.9 Å². The monoisotopic (exact) mass is 495 g/mol. The molecule has 1 saturated heterocycles. The summed E-state index contributed by atoms with van der Waals surface area (Å²) in [7, 11) is 0. The number of carbonyl (C=O) groups is 3. The van der Waals surface area contributed by atoms with Gasteiger partial charge in [-0.1, -0.05) is 52.3 Å². The van der Waals surface area contributed by atoms with Crippen molar-refractivity contribution in [1.82, 2.24) is 15.1 Å². The van der Waals surface area contributed by atoms with Crippen molar-refractivity contribution in [1.29, 1.82) is 0 Å². The number of benzene rings is 2. The van der Waals surface area contributed by atoms with Gasteiger partial charge in [0.05, 0.1) is 0 Å². The molecular weight excluding hydrogens is 470 g/mol. The first-order valence-corrected chi connectivity index (χ1v) is 11.9. The number of carbonyl (C=O) groups excluding carboxylic acids is 3. The first kappa shape index (κ1) is 21.2. The maximum atomic E-state index is 13.5. The lowest BCUT2D eigenvalue weighted by molar-refractivity contribution is -0.141. The fourth-order valence-corrected chi connectivity index (χ4v) is 5.47. The molecule has 1 saturated carbocycles. The van der Waals surface area contributed by atoms with Gasteiger partial charge in [0.2, 0.25) is 5.91 Å². The Bertz CT molecular complexity index is 1090. The number of nitrogens with one attached hydrogen (secondary N) is 1. The summed E-state index contributed by atoms with van der Waals surface area (Å²) in [4.78, 5) is 42.7. The van der Waals surface area contributed by atoms with E-state index in [0.29, 0.717) is 25.3 Å². The van der Waals surface area contributed by atoms with Gasteiger partial charge in [0.25, 0.3) is 5.91 Å². The third-order valence-electron chi connectivity index (χ3n) is 7.08. The molecule has 7 heteroatoms. The van der Waals surface area contributed by atoms with Crippen molar-refractivity contribution in [2.45, 2.75) is 50.7 Å². The van der Waals surface area contributed by atoms with Gasteiger partial charge in [-0.25, -0.2) is 4.79 Å². The molecule has 2 unspecified atom stereocenters. The van der Waals surface area contributed by atoms with Crippen LogP contribution in [0, 0.1) is 5.92 Å². The number of urea groups is 1. The average molecular weight is 496 g/mol. The Morgan fingerprint density at radius 1 is 1.22 bits per heavy atom. The van der Waals surface area contributed by atoms with Crippen LogP contribution in [0.2, 0.25) is 0 Å². The first-order valence-electron chi connectivity index (χ1n) is 11.2. The van der Waals surface area contributed by atoms with Gasteiger partial charge in [0, 0.05) is 17.1 Å². The second-order valence-electron chi connectivity index (χ2n) is 9.11. The Labute approximate surface area is 196 Å².